The van der Waals surface area contributed by atoms with Crippen molar-refractivity contribution in [2.45, 2.75) is 19.8 Å². The number of rotatable bonds is 10. The Balaban J connectivity index is 0.00000480. The van der Waals surface area contributed by atoms with Crippen LogP contribution in [0.4, 0.5) is 0 Å². The number of nitrogens with zero attached hydrogens (tertiary/aromatic N) is 1. The van der Waals surface area contributed by atoms with Crippen LogP contribution in [0.2, 0.25) is 0 Å². The molecule has 0 aromatic heterocycles. The molecule has 0 aliphatic rings. The Kier molecular flexibility index (Phi) is 11.9. The monoisotopic (exact) mass is 543 g/mol. The molecule has 172 valence electrons. The second-order valence-electron chi connectivity index (χ2n) is 6.72. The molecule has 2 aromatic rings. The predicted octanol–water partition coefficient (Wildman–Crippen LogP) is 3.60. The molecule has 0 amide bonds. The highest BCUT2D eigenvalue weighted by atomic mass is 127. The van der Waals surface area contributed by atoms with Gasteiger partial charge in [-0.15, -0.1) is 24.0 Å². The zero-order chi connectivity index (χ0) is 21.9. The SMILES string of the molecule is CN=C(NCCc1ccc(C)c(OC)c1)NCCc1ccc(OC)c(OC)c1OC.I. The van der Waals surface area contributed by atoms with Crippen molar-refractivity contribution in [3.05, 3.63) is 47.0 Å². The van der Waals surface area contributed by atoms with Gasteiger partial charge in [0.25, 0.3) is 0 Å². The van der Waals surface area contributed by atoms with E-state index in [4.69, 9.17) is 18.9 Å². The topological polar surface area (TPSA) is 73.3 Å². The maximum atomic E-state index is 5.55. The van der Waals surface area contributed by atoms with Crippen molar-refractivity contribution < 1.29 is 18.9 Å². The van der Waals surface area contributed by atoms with E-state index in [1.165, 1.54) is 5.56 Å². The number of methoxy groups -OCH3 is 4. The Labute approximate surface area is 202 Å². The Morgan fingerprint density at radius 1 is 0.806 bits per heavy atom. The molecule has 0 aliphatic heterocycles. The number of ether oxygens (including phenoxy) is 4. The lowest BCUT2D eigenvalue weighted by Crippen LogP contribution is -2.39. The molecule has 0 fully saturated rings. The number of halogens is 1. The summed E-state index contributed by atoms with van der Waals surface area (Å²) in [6, 6.07) is 10.2. The Hall–Kier alpha value is -2.36. The van der Waals surface area contributed by atoms with Gasteiger partial charge in [0, 0.05) is 25.7 Å². The first kappa shape index (κ1) is 26.7. The van der Waals surface area contributed by atoms with Crippen LogP contribution in [0.5, 0.6) is 23.0 Å². The average Bonchev–Trinajstić information content (AvgIpc) is 2.78. The van der Waals surface area contributed by atoms with Crippen molar-refractivity contribution in [2.24, 2.45) is 4.99 Å². The fourth-order valence-electron chi connectivity index (χ4n) is 3.24. The second kappa shape index (κ2) is 13.8. The van der Waals surface area contributed by atoms with Crippen molar-refractivity contribution >= 4 is 29.9 Å². The predicted molar refractivity (Wildman–Crippen MR) is 136 cm³/mol. The summed E-state index contributed by atoms with van der Waals surface area (Å²) in [5.41, 5.74) is 3.39. The van der Waals surface area contributed by atoms with Crippen molar-refractivity contribution in [3.63, 3.8) is 0 Å². The van der Waals surface area contributed by atoms with Crippen LogP contribution < -0.4 is 29.6 Å². The largest absolute Gasteiger partial charge is 0.496 e. The van der Waals surface area contributed by atoms with E-state index in [9.17, 15) is 0 Å². The van der Waals surface area contributed by atoms with Crippen LogP contribution in [0.25, 0.3) is 0 Å². The lowest BCUT2D eigenvalue weighted by atomic mass is 10.1. The molecule has 0 saturated carbocycles. The molecular formula is C23H34IN3O4. The van der Waals surface area contributed by atoms with Crippen LogP contribution >= 0.6 is 24.0 Å². The summed E-state index contributed by atoms with van der Waals surface area (Å²) in [5, 5.41) is 6.69. The summed E-state index contributed by atoms with van der Waals surface area (Å²) in [6.45, 7) is 3.51. The second-order valence-corrected chi connectivity index (χ2v) is 6.72. The van der Waals surface area contributed by atoms with E-state index >= 15 is 0 Å². The maximum Gasteiger partial charge on any atom is 0.203 e. The summed E-state index contributed by atoms with van der Waals surface area (Å²) >= 11 is 0. The third-order valence-corrected chi connectivity index (χ3v) is 4.87. The van der Waals surface area contributed by atoms with Gasteiger partial charge < -0.3 is 29.6 Å². The summed E-state index contributed by atoms with van der Waals surface area (Å²) < 4.78 is 21.7. The summed E-state index contributed by atoms with van der Waals surface area (Å²) in [5.74, 6) is 3.62. The van der Waals surface area contributed by atoms with Crippen LogP contribution in [-0.2, 0) is 12.8 Å². The molecule has 0 atom stereocenters. The molecule has 0 saturated heterocycles. The molecule has 0 heterocycles. The van der Waals surface area contributed by atoms with Crippen molar-refractivity contribution in [2.75, 3.05) is 48.6 Å². The highest BCUT2D eigenvalue weighted by Crippen LogP contribution is 2.39. The van der Waals surface area contributed by atoms with E-state index in [1.54, 1.807) is 35.5 Å². The van der Waals surface area contributed by atoms with Gasteiger partial charge in [-0.05, 0) is 43.0 Å². The molecule has 0 unspecified atom stereocenters. The number of hydrogen-bond acceptors (Lipinski definition) is 5. The number of benzene rings is 2. The number of aliphatic imine (C=N–C) groups is 1. The van der Waals surface area contributed by atoms with Gasteiger partial charge in [-0.1, -0.05) is 18.2 Å². The van der Waals surface area contributed by atoms with Crippen LogP contribution in [0.1, 0.15) is 16.7 Å². The lowest BCUT2D eigenvalue weighted by molar-refractivity contribution is 0.322. The Bertz CT molecular complexity index is 859. The van der Waals surface area contributed by atoms with Gasteiger partial charge in [0.05, 0.1) is 28.4 Å². The molecule has 7 nitrogen and oxygen atoms in total. The third-order valence-electron chi connectivity index (χ3n) is 4.87. The van der Waals surface area contributed by atoms with Gasteiger partial charge >= 0.3 is 0 Å². The highest BCUT2D eigenvalue weighted by Gasteiger charge is 2.15. The number of hydrogen-bond donors (Lipinski definition) is 2. The summed E-state index contributed by atoms with van der Waals surface area (Å²) in [6.07, 6.45) is 1.63. The van der Waals surface area contributed by atoms with E-state index in [0.717, 1.165) is 42.2 Å². The minimum atomic E-state index is 0. The van der Waals surface area contributed by atoms with Gasteiger partial charge in [-0.25, -0.2) is 0 Å². The quantitative estimate of drug-likeness (QED) is 0.271. The van der Waals surface area contributed by atoms with E-state index in [-0.39, 0.29) is 24.0 Å². The standard InChI is InChI=1S/C23H33N3O4.HI/c1-16-7-8-17(15-20(16)28-4)11-13-25-23(24-2)26-14-12-18-9-10-19(27-3)22(30-6)21(18)29-5;/h7-10,15H,11-14H2,1-6H3,(H2,24,25,26);1H. The molecule has 8 heteroatoms. The molecule has 31 heavy (non-hydrogen) atoms. The first-order chi connectivity index (χ1) is 14.6. The zero-order valence-electron chi connectivity index (χ0n) is 19.2. The van der Waals surface area contributed by atoms with Gasteiger partial charge in [0.1, 0.15) is 5.75 Å². The average molecular weight is 543 g/mol. The highest BCUT2D eigenvalue weighted by molar-refractivity contribution is 14.0. The maximum absolute atomic E-state index is 5.55. The van der Waals surface area contributed by atoms with Crippen LogP contribution in [-0.4, -0.2) is 54.5 Å². The molecule has 2 aromatic carbocycles. The van der Waals surface area contributed by atoms with Crippen molar-refractivity contribution in [1.82, 2.24) is 10.6 Å². The van der Waals surface area contributed by atoms with Gasteiger partial charge in [-0.2, -0.15) is 0 Å². The summed E-state index contributed by atoms with van der Waals surface area (Å²) in [7, 11) is 8.32. The lowest BCUT2D eigenvalue weighted by Gasteiger charge is -2.17. The Morgan fingerprint density at radius 3 is 2.03 bits per heavy atom. The van der Waals surface area contributed by atoms with E-state index in [1.807, 2.05) is 19.1 Å². The normalized spacial score (nSPS) is 10.7. The van der Waals surface area contributed by atoms with Gasteiger partial charge in [-0.3, -0.25) is 4.99 Å². The fraction of sp³-hybridized carbons (Fsp3) is 0.435. The third kappa shape index (κ3) is 7.37. The minimum Gasteiger partial charge on any atom is -0.496 e. The molecule has 0 aliphatic carbocycles. The summed E-state index contributed by atoms with van der Waals surface area (Å²) in [4.78, 5) is 4.30. The fourth-order valence-corrected chi connectivity index (χ4v) is 3.24. The number of aryl methyl sites for hydroxylation is 1. The van der Waals surface area contributed by atoms with Crippen LogP contribution in [0.3, 0.4) is 0 Å². The molecule has 2 rings (SSSR count). The van der Waals surface area contributed by atoms with Crippen molar-refractivity contribution in [1.29, 1.82) is 0 Å². The zero-order valence-corrected chi connectivity index (χ0v) is 21.5. The molecule has 0 radical (unpaired) electrons. The first-order valence-electron chi connectivity index (χ1n) is 9.93. The van der Waals surface area contributed by atoms with E-state index < -0.39 is 0 Å². The van der Waals surface area contributed by atoms with E-state index in [0.29, 0.717) is 23.8 Å². The smallest absolute Gasteiger partial charge is 0.203 e. The van der Waals surface area contributed by atoms with Gasteiger partial charge in [0.2, 0.25) is 5.75 Å². The molecular weight excluding hydrogens is 509 g/mol. The number of nitrogens with one attached hydrogen (secondary N) is 2. The molecule has 0 bridgehead atoms. The minimum absolute atomic E-state index is 0. The Morgan fingerprint density at radius 2 is 1.45 bits per heavy atom. The van der Waals surface area contributed by atoms with Crippen LogP contribution in [0.15, 0.2) is 35.3 Å². The van der Waals surface area contributed by atoms with Gasteiger partial charge in [0.15, 0.2) is 17.5 Å². The molecule has 2 N–H and O–H groups in total. The van der Waals surface area contributed by atoms with E-state index in [2.05, 4.69) is 33.8 Å². The van der Waals surface area contributed by atoms with Crippen LogP contribution in [0, 0.1) is 6.92 Å². The number of guanidine groups is 1. The van der Waals surface area contributed by atoms with Crippen molar-refractivity contribution in [3.8, 4) is 23.0 Å². The molecule has 0 spiro atoms. The first-order valence-corrected chi connectivity index (χ1v) is 9.93.